The predicted molar refractivity (Wildman–Crippen MR) is 85.3 cm³/mol. The zero-order chi connectivity index (χ0) is 17.9. The lowest BCUT2D eigenvalue weighted by atomic mass is 9.87. The van der Waals surface area contributed by atoms with E-state index in [9.17, 15) is 19.8 Å². The number of aliphatic carboxylic acids is 1. The Kier molecular flexibility index (Phi) is 3.82. The maximum atomic E-state index is 12.4. The first kappa shape index (κ1) is 16.8. The van der Waals surface area contributed by atoms with Gasteiger partial charge in [-0.1, -0.05) is 6.92 Å². The third-order valence-electron chi connectivity index (χ3n) is 5.43. The van der Waals surface area contributed by atoms with Crippen molar-refractivity contribution in [3.63, 3.8) is 0 Å². The normalized spacial score (nSPS) is 40.6. The molecule has 2 fully saturated rings. The standard InChI is InChI=1S/C15H20N4O5S/c1-7-11-10(8(2)20)13(21)24-15(17-11,14(22)23)12(7)25-9-3-18-5-16-6-19(18)4-9/h5-12,17,20H,3-4H2,1-2H3/p+1/t7-,8-,10-,11-,12?,15?/m1/s1. The molecule has 136 valence electrons. The average Bonchev–Trinajstić information content (AvgIpc) is 3.16. The minimum absolute atomic E-state index is 0.143. The van der Waals surface area contributed by atoms with E-state index in [2.05, 4.69) is 10.3 Å². The van der Waals surface area contributed by atoms with E-state index in [0.29, 0.717) is 0 Å². The molecule has 0 radical (unpaired) electrons. The second kappa shape index (κ2) is 5.68. The van der Waals surface area contributed by atoms with Gasteiger partial charge in [-0.15, -0.1) is 11.8 Å². The summed E-state index contributed by atoms with van der Waals surface area (Å²) in [6.45, 7) is 4.90. The molecule has 2 saturated heterocycles. The minimum atomic E-state index is -1.74. The van der Waals surface area contributed by atoms with Crippen LogP contribution in [0.1, 0.15) is 13.8 Å². The summed E-state index contributed by atoms with van der Waals surface area (Å²) in [7, 11) is 0. The molecule has 3 aliphatic heterocycles. The first-order valence-electron chi connectivity index (χ1n) is 8.31. The van der Waals surface area contributed by atoms with Gasteiger partial charge in [-0.25, -0.2) is 4.79 Å². The number of nitrogens with one attached hydrogen (secondary N) is 1. The van der Waals surface area contributed by atoms with Crippen LogP contribution in [0.15, 0.2) is 12.7 Å². The maximum Gasteiger partial charge on any atom is 0.365 e. The number of carboxylic acids is 1. The van der Waals surface area contributed by atoms with Gasteiger partial charge in [0.05, 0.1) is 29.1 Å². The fraction of sp³-hybridized carbons (Fsp3) is 0.733. The van der Waals surface area contributed by atoms with Gasteiger partial charge in [0, 0.05) is 6.04 Å². The molecule has 9 nitrogen and oxygen atoms in total. The van der Waals surface area contributed by atoms with Crippen LogP contribution in [0, 0.1) is 11.8 Å². The smallest absolute Gasteiger partial charge is 0.365 e. The number of fused-ring (bicyclic) bond motifs is 3. The molecule has 3 aliphatic rings. The number of aliphatic hydroxyl groups is 1. The maximum absolute atomic E-state index is 12.4. The average molecular weight is 369 g/mol. The summed E-state index contributed by atoms with van der Waals surface area (Å²) >= 11 is 1.53. The molecule has 2 bridgehead atoms. The van der Waals surface area contributed by atoms with Crippen LogP contribution in [0.5, 0.6) is 0 Å². The zero-order valence-electron chi connectivity index (χ0n) is 13.9. The van der Waals surface area contributed by atoms with Crippen LogP contribution in [0.25, 0.3) is 0 Å². The summed E-state index contributed by atoms with van der Waals surface area (Å²) < 4.78 is 9.36. The Balaban J connectivity index is 1.61. The number of carboxylic acid groups (broad SMARTS) is 1. The Bertz CT molecular complexity index is 704. The van der Waals surface area contributed by atoms with Crippen molar-refractivity contribution >= 4 is 23.7 Å². The molecule has 1 aromatic rings. The van der Waals surface area contributed by atoms with E-state index in [1.165, 1.54) is 18.7 Å². The lowest BCUT2D eigenvalue weighted by molar-refractivity contribution is -0.758. The third-order valence-corrected chi connectivity index (χ3v) is 7.17. The van der Waals surface area contributed by atoms with Crippen LogP contribution in [0.2, 0.25) is 0 Å². The highest BCUT2D eigenvalue weighted by atomic mass is 32.2. The van der Waals surface area contributed by atoms with Gasteiger partial charge in [-0.2, -0.15) is 9.36 Å². The Morgan fingerprint density at radius 3 is 3.04 bits per heavy atom. The van der Waals surface area contributed by atoms with Crippen molar-refractivity contribution in [3.05, 3.63) is 12.7 Å². The lowest BCUT2D eigenvalue weighted by Crippen LogP contribution is -2.64. The van der Waals surface area contributed by atoms with Gasteiger partial charge in [-0.05, 0) is 17.8 Å². The molecular formula is C15H21N4O5S+. The number of aromatic nitrogens is 3. The molecule has 2 unspecified atom stereocenters. The van der Waals surface area contributed by atoms with Gasteiger partial charge in [0.15, 0.2) is 0 Å². The fourth-order valence-corrected chi connectivity index (χ4v) is 5.95. The quantitative estimate of drug-likeness (QED) is 0.438. The van der Waals surface area contributed by atoms with E-state index in [-0.39, 0.29) is 11.2 Å². The van der Waals surface area contributed by atoms with Crippen molar-refractivity contribution in [2.75, 3.05) is 0 Å². The van der Waals surface area contributed by atoms with Crippen LogP contribution < -0.4 is 10.00 Å². The van der Waals surface area contributed by atoms with Crippen LogP contribution in [-0.4, -0.2) is 60.2 Å². The minimum Gasteiger partial charge on any atom is -0.477 e. The number of rotatable bonds is 4. The number of ether oxygens (including phenoxy) is 1. The summed E-state index contributed by atoms with van der Waals surface area (Å²) in [5.74, 6) is -2.74. The van der Waals surface area contributed by atoms with Crippen molar-refractivity contribution < 1.29 is 29.2 Å². The second-order valence-corrected chi connectivity index (χ2v) is 8.51. The molecule has 6 atom stereocenters. The lowest BCUT2D eigenvalue weighted by Gasteiger charge is -2.37. The van der Waals surface area contributed by atoms with Crippen molar-refractivity contribution in [1.29, 1.82) is 0 Å². The predicted octanol–water partition coefficient (Wildman–Crippen LogP) is -1.40. The molecule has 0 aromatic carbocycles. The Morgan fingerprint density at radius 1 is 1.64 bits per heavy atom. The van der Waals surface area contributed by atoms with Crippen molar-refractivity contribution in [2.45, 2.75) is 55.3 Å². The SMILES string of the molecule is C[C@@H](O)[C@H]1C(=O)OC2(C(=O)O)N[C@@H]1[C@@H](C)C2SC1Cn2cnc[n+]2C1. The molecule has 1 aromatic heterocycles. The van der Waals surface area contributed by atoms with Crippen LogP contribution >= 0.6 is 11.8 Å². The number of hydrogen-bond acceptors (Lipinski definition) is 7. The molecule has 10 heteroatoms. The van der Waals surface area contributed by atoms with Gasteiger partial charge in [0.2, 0.25) is 6.33 Å². The highest BCUT2D eigenvalue weighted by Crippen LogP contribution is 2.47. The molecule has 0 aliphatic carbocycles. The number of aliphatic hydroxyl groups excluding tert-OH is 1. The molecule has 3 N–H and O–H groups in total. The van der Waals surface area contributed by atoms with Gasteiger partial charge >= 0.3 is 18.3 Å². The topological polar surface area (TPSA) is 118 Å². The molecule has 0 spiro atoms. The fourth-order valence-electron chi connectivity index (χ4n) is 4.23. The number of carbonyl (C=O) groups excluding carboxylic acids is 1. The summed E-state index contributed by atoms with van der Waals surface area (Å²) in [6.07, 6.45) is 2.58. The van der Waals surface area contributed by atoms with E-state index < -0.39 is 41.0 Å². The summed E-state index contributed by atoms with van der Waals surface area (Å²) in [4.78, 5) is 28.5. The third kappa shape index (κ3) is 2.38. The molecule has 0 amide bonds. The largest absolute Gasteiger partial charge is 0.477 e. The number of hydrogen-bond donors (Lipinski definition) is 3. The Hall–Kier alpha value is -1.65. The van der Waals surface area contributed by atoms with E-state index in [1.54, 1.807) is 12.7 Å². The zero-order valence-corrected chi connectivity index (χ0v) is 14.7. The highest BCUT2D eigenvalue weighted by Gasteiger charge is 2.67. The molecule has 0 saturated carbocycles. The summed E-state index contributed by atoms with van der Waals surface area (Å²) in [5.41, 5.74) is -1.74. The van der Waals surface area contributed by atoms with E-state index >= 15 is 0 Å². The van der Waals surface area contributed by atoms with Crippen LogP contribution in [-0.2, 0) is 27.4 Å². The first-order chi connectivity index (χ1) is 11.8. The molecule has 25 heavy (non-hydrogen) atoms. The number of esters is 1. The molecule has 4 heterocycles. The molecular weight excluding hydrogens is 348 g/mol. The number of thioether (sulfide) groups is 1. The molecule has 4 rings (SSSR count). The number of nitrogens with zero attached hydrogens (tertiary/aromatic N) is 3. The highest BCUT2D eigenvalue weighted by molar-refractivity contribution is 8.00. The first-order valence-corrected chi connectivity index (χ1v) is 9.25. The second-order valence-electron chi connectivity index (χ2n) is 7.06. The van der Waals surface area contributed by atoms with Crippen molar-refractivity contribution in [1.82, 2.24) is 15.0 Å². The van der Waals surface area contributed by atoms with E-state index in [0.717, 1.165) is 13.1 Å². The number of carbonyl (C=O) groups is 2. The summed E-state index contributed by atoms with van der Waals surface area (Å²) in [6, 6.07) is -0.426. The van der Waals surface area contributed by atoms with E-state index in [4.69, 9.17) is 4.74 Å². The van der Waals surface area contributed by atoms with Gasteiger partial charge < -0.3 is 14.9 Å². The Labute approximate surface area is 148 Å². The van der Waals surface area contributed by atoms with Crippen LogP contribution in [0.4, 0.5) is 0 Å². The van der Waals surface area contributed by atoms with Gasteiger partial charge in [0.25, 0.3) is 5.72 Å². The van der Waals surface area contributed by atoms with Crippen LogP contribution in [0.3, 0.4) is 0 Å². The van der Waals surface area contributed by atoms with Gasteiger partial charge in [0.1, 0.15) is 6.54 Å². The van der Waals surface area contributed by atoms with E-state index in [1.807, 2.05) is 16.3 Å². The van der Waals surface area contributed by atoms with Crippen molar-refractivity contribution in [3.8, 4) is 0 Å². The Morgan fingerprint density at radius 2 is 2.40 bits per heavy atom. The summed E-state index contributed by atoms with van der Waals surface area (Å²) in [5, 5.41) is 22.5. The van der Waals surface area contributed by atoms with Gasteiger partial charge in [-0.3, -0.25) is 10.1 Å². The van der Waals surface area contributed by atoms with Crippen molar-refractivity contribution in [2.24, 2.45) is 11.8 Å². The monoisotopic (exact) mass is 369 g/mol.